The van der Waals surface area contributed by atoms with Crippen molar-refractivity contribution in [2.24, 2.45) is 5.14 Å². The molecule has 0 aliphatic rings. The highest BCUT2D eigenvalue weighted by molar-refractivity contribution is 7.89. The molecule has 1 heterocycles. The monoisotopic (exact) mass is 404 g/mol. The molecule has 0 saturated carbocycles. The van der Waals surface area contributed by atoms with E-state index in [4.69, 9.17) is 19.0 Å². The van der Waals surface area contributed by atoms with Crippen LogP contribution in [0.1, 0.15) is 23.0 Å². The number of ether oxygens (including phenoxy) is 2. The smallest absolute Gasteiger partial charge is 0.291 e. The number of anilines is 1. The van der Waals surface area contributed by atoms with E-state index in [9.17, 15) is 13.2 Å². The molecule has 28 heavy (non-hydrogen) atoms. The van der Waals surface area contributed by atoms with Gasteiger partial charge in [-0.15, -0.1) is 0 Å². The Morgan fingerprint density at radius 2 is 1.96 bits per heavy atom. The van der Waals surface area contributed by atoms with Crippen molar-refractivity contribution in [1.29, 1.82) is 0 Å². The van der Waals surface area contributed by atoms with Gasteiger partial charge in [-0.2, -0.15) is 0 Å². The first kappa shape index (κ1) is 19.9. The Labute approximate surface area is 162 Å². The number of nitrogens with two attached hydrogens (primary N) is 1. The number of fused-ring (bicyclic) bond motifs is 1. The normalized spacial score (nSPS) is 11.5. The maximum Gasteiger partial charge on any atom is 0.291 e. The van der Waals surface area contributed by atoms with E-state index in [0.29, 0.717) is 17.8 Å². The van der Waals surface area contributed by atoms with Gasteiger partial charge in [-0.25, -0.2) is 13.6 Å². The van der Waals surface area contributed by atoms with Crippen LogP contribution in [0.3, 0.4) is 0 Å². The van der Waals surface area contributed by atoms with Crippen LogP contribution in [0.15, 0.2) is 51.8 Å². The summed E-state index contributed by atoms with van der Waals surface area (Å²) in [5, 5.41) is 8.63. The molecule has 0 unspecified atom stereocenters. The zero-order valence-corrected chi connectivity index (χ0v) is 16.2. The molecule has 0 radical (unpaired) electrons. The molecule has 1 aromatic heterocycles. The predicted octanol–water partition coefficient (Wildman–Crippen LogP) is 2.88. The van der Waals surface area contributed by atoms with Crippen LogP contribution in [0.25, 0.3) is 11.0 Å². The van der Waals surface area contributed by atoms with Crippen molar-refractivity contribution in [3.8, 4) is 5.75 Å². The summed E-state index contributed by atoms with van der Waals surface area (Å²) in [5.41, 5.74) is 1.41. The average Bonchev–Trinajstić information content (AvgIpc) is 3.04. The first-order chi connectivity index (χ1) is 13.3. The lowest BCUT2D eigenvalue weighted by Gasteiger charge is -2.10. The average molecular weight is 404 g/mol. The highest BCUT2D eigenvalue weighted by atomic mass is 32.2. The van der Waals surface area contributed by atoms with Crippen molar-refractivity contribution in [2.75, 3.05) is 19.0 Å². The Morgan fingerprint density at radius 1 is 1.21 bits per heavy atom. The minimum atomic E-state index is -4.03. The van der Waals surface area contributed by atoms with Gasteiger partial charge in [0.2, 0.25) is 10.0 Å². The molecule has 0 atom stereocenters. The summed E-state index contributed by atoms with van der Waals surface area (Å²) in [7, 11) is -2.70. The summed E-state index contributed by atoms with van der Waals surface area (Å²) in [4.78, 5) is 12.6. The number of benzene rings is 2. The van der Waals surface area contributed by atoms with E-state index in [1.54, 1.807) is 12.1 Å². The SMILES string of the molecule is CCOCc1c(C(=O)Nc2ccc(OC)c(S(N)(=O)=O)c2)oc2ccccc12. The number of hydrogen-bond donors (Lipinski definition) is 2. The van der Waals surface area contributed by atoms with Crippen LogP contribution in [0.2, 0.25) is 0 Å². The van der Waals surface area contributed by atoms with E-state index in [-0.39, 0.29) is 28.7 Å². The molecule has 3 rings (SSSR count). The number of nitrogens with one attached hydrogen (secondary N) is 1. The van der Waals surface area contributed by atoms with E-state index in [0.717, 1.165) is 5.39 Å². The Bertz CT molecular complexity index is 1120. The third-order valence-corrected chi connectivity index (χ3v) is 5.02. The number of sulfonamides is 1. The number of primary sulfonamides is 1. The van der Waals surface area contributed by atoms with E-state index in [1.165, 1.54) is 25.3 Å². The van der Waals surface area contributed by atoms with Gasteiger partial charge in [0.1, 0.15) is 16.2 Å². The third kappa shape index (κ3) is 4.01. The molecule has 0 aliphatic carbocycles. The molecule has 0 spiro atoms. The molecule has 0 bridgehead atoms. The van der Waals surface area contributed by atoms with Crippen molar-refractivity contribution >= 4 is 32.6 Å². The largest absolute Gasteiger partial charge is 0.495 e. The van der Waals surface area contributed by atoms with Crippen LogP contribution in [0.4, 0.5) is 5.69 Å². The van der Waals surface area contributed by atoms with Gasteiger partial charge in [0, 0.05) is 23.2 Å². The number of rotatable bonds is 7. The van der Waals surface area contributed by atoms with Crippen LogP contribution in [0.5, 0.6) is 5.75 Å². The Morgan fingerprint density at radius 3 is 2.64 bits per heavy atom. The van der Waals surface area contributed by atoms with Gasteiger partial charge in [-0.05, 0) is 31.2 Å². The molecule has 8 nitrogen and oxygen atoms in total. The topological polar surface area (TPSA) is 121 Å². The lowest BCUT2D eigenvalue weighted by Crippen LogP contribution is -2.16. The molecule has 3 aromatic rings. The Kier molecular flexibility index (Phi) is 5.68. The zero-order chi connectivity index (χ0) is 20.3. The highest BCUT2D eigenvalue weighted by Gasteiger charge is 2.22. The number of hydrogen-bond acceptors (Lipinski definition) is 6. The lowest BCUT2D eigenvalue weighted by molar-refractivity contribution is 0.0984. The van der Waals surface area contributed by atoms with Crippen LogP contribution >= 0.6 is 0 Å². The number of carbonyl (C=O) groups excluding carboxylic acids is 1. The van der Waals surface area contributed by atoms with Gasteiger partial charge in [-0.1, -0.05) is 18.2 Å². The molecule has 0 fully saturated rings. The predicted molar refractivity (Wildman–Crippen MR) is 104 cm³/mol. The van der Waals surface area contributed by atoms with Gasteiger partial charge in [0.05, 0.1) is 13.7 Å². The Balaban J connectivity index is 1.97. The summed E-state index contributed by atoms with van der Waals surface area (Å²) in [5.74, 6) is -0.347. The van der Waals surface area contributed by atoms with E-state index in [1.807, 2.05) is 19.1 Å². The van der Waals surface area contributed by atoms with E-state index in [2.05, 4.69) is 5.32 Å². The molecule has 9 heteroatoms. The minimum absolute atomic E-state index is 0.0845. The second-order valence-electron chi connectivity index (χ2n) is 5.91. The van der Waals surface area contributed by atoms with Crippen LogP contribution < -0.4 is 15.2 Å². The lowest BCUT2D eigenvalue weighted by atomic mass is 10.1. The number of methoxy groups -OCH3 is 1. The number of furan rings is 1. The van der Waals surface area contributed by atoms with Crippen molar-refractivity contribution in [3.63, 3.8) is 0 Å². The first-order valence-electron chi connectivity index (χ1n) is 8.45. The molecule has 2 aromatic carbocycles. The van der Waals surface area contributed by atoms with Gasteiger partial charge < -0.3 is 19.2 Å². The fourth-order valence-corrected chi connectivity index (χ4v) is 3.52. The number of carbonyl (C=O) groups is 1. The minimum Gasteiger partial charge on any atom is -0.495 e. The molecular formula is C19H20N2O6S. The second kappa shape index (κ2) is 8.01. The van der Waals surface area contributed by atoms with Crippen molar-refractivity contribution in [3.05, 3.63) is 53.8 Å². The van der Waals surface area contributed by atoms with Gasteiger partial charge >= 0.3 is 0 Å². The summed E-state index contributed by atoms with van der Waals surface area (Å²) >= 11 is 0. The number of para-hydroxylation sites is 1. The fraction of sp³-hybridized carbons (Fsp3) is 0.211. The van der Waals surface area contributed by atoms with Crippen LogP contribution in [0, 0.1) is 0 Å². The van der Waals surface area contributed by atoms with Gasteiger partial charge in [0.15, 0.2) is 5.76 Å². The Hall–Kier alpha value is -2.88. The molecule has 1 amide bonds. The van der Waals surface area contributed by atoms with Gasteiger partial charge in [-0.3, -0.25) is 4.79 Å². The number of amides is 1. The summed E-state index contributed by atoms with van der Waals surface area (Å²) in [6.07, 6.45) is 0. The second-order valence-corrected chi connectivity index (χ2v) is 7.44. The quantitative estimate of drug-likeness (QED) is 0.625. The first-order valence-corrected chi connectivity index (χ1v) is 10.00. The molecule has 148 valence electrons. The molecular weight excluding hydrogens is 384 g/mol. The summed E-state index contributed by atoms with van der Waals surface area (Å²) in [6, 6.07) is 11.4. The summed E-state index contributed by atoms with van der Waals surface area (Å²) in [6.45, 7) is 2.55. The highest BCUT2D eigenvalue weighted by Crippen LogP contribution is 2.29. The van der Waals surface area contributed by atoms with Crippen molar-refractivity contribution < 1.29 is 27.1 Å². The maximum absolute atomic E-state index is 12.8. The summed E-state index contributed by atoms with van der Waals surface area (Å²) < 4.78 is 39.7. The zero-order valence-electron chi connectivity index (χ0n) is 15.4. The van der Waals surface area contributed by atoms with Gasteiger partial charge in [0.25, 0.3) is 5.91 Å². The van der Waals surface area contributed by atoms with Crippen LogP contribution in [-0.4, -0.2) is 28.0 Å². The molecule has 3 N–H and O–H groups in total. The van der Waals surface area contributed by atoms with Crippen molar-refractivity contribution in [2.45, 2.75) is 18.4 Å². The van der Waals surface area contributed by atoms with Crippen LogP contribution in [-0.2, 0) is 21.4 Å². The maximum atomic E-state index is 12.8. The standard InChI is InChI=1S/C19H20N2O6S/c1-3-26-11-14-13-6-4-5-7-15(13)27-18(14)19(22)21-12-8-9-16(25-2)17(10-12)28(20,23)24/h4-10H,3,11H2,1-2H3,(H,21,22)(H2,20,23,24). The van der Waals surface area contributed by atoms with Crippen molar-refractivity contribution in [1.82, 2.24) is 0 Å². The molecule has 0 aliphatic heterocycles. The molecule has 0 saturated heterocycles. The fourth-order valence-electron chi connectivity index (χ4n) is 2.79. The third-order valence-electron chi connectivity index (χ3n) is 4.08. The van der Waals surface area contributed by atoms with E-state index < -0.39 is 15.9 Å². The van der Waals surface area contributed by atoms with E-state index >= 15 is 0 Å².